The van der Waals surface area contributed by atoms with Gasteiger partial charge in [0.05, 0.1) is 11.6 Å². The van der Waals surface area contributed by atoms with Crippen molar-refractivity contribution in [2.45, 2.75) is 13.8 Å². The van der Waals surface area contributed by atoms with Crippen LogP contribution in [0.1, 0.15) is 27.8 Å². The van der Waals surface area contributed by atoms with Crippen molar-refractivity contribution in [1.29, 1.82) is 5.26 Å². The molecule has 1 N–H and O–H groups in total. The van der Waals surface area contributed by atoms with Crippen LogP contribution in [-0.4, -0.2) is 18.6 Å². The van der Waals surface area contributed by atoms with Crippen LogP contribution in [0.2, 0.25) is 0 Å². The summed E-state index contributed by atoms with van der Waals surface area (Å²) in [4.78, 5) is 5.73. The predicted octanol–water partition coefficient (Wildman–Crippen LogP) is 4.65. The number of hydrogen-bond donors (Lipinski definition) is 1. The van der Waals surface area contributed by atoms with E-state index in [1.165, 1.54) is 27.8 Å². The second kappa shape index (κ2) is 5.28. The van der Waals surface area contributed by atoms with Crippen LogP contribution < -0.4 is 4.90 Å². The second-order valence-electron chi connectivity index (χ2n) is 6.66. The normalized spacial score (nSPS) is 13.6. The van der Waals surface area contributed by atoms with Crippen molar-refractivity contribution in [3.8, 4) is 6.07 Å². The van der Waals surface area contributed by atoms with Gasteiger partial charge < -0.3 is 9.88 Å². The SMILES string of the molecule is Cc1cc(C)cc(C2=Cc3c([nH]c4ccc(C#N)cc34)N(C)C2)c1. The van der Waals surface area contributed by atoms with Gasteiger partial charge >= 0.3 is 0 Å². The number of aromatic nitrogens is 1. The number of rotatable bonds is 1. The van der Waals surface area contributed by atoms with Crippen LogP contribution in [0, 0.1) is 25.2 Å². The molecule has 3 nitrogen and oxygen atoms in total. The van der Waals surface area contributed by atoms with Crippen molar-refractivity contribution in [2.75, 3.05) is 18.5 Å². The standard InChI is InChI=1S/C21H19N3/c1-13-6-14(2)8-16(7-13)17-10-19-18-9-15(11-22)4-5-20(18)23-21(19)24(3)12-17/h4-10,23H,12H2,1-3H3. The number of H-pyrrole nitrogens is 1. The van der Waals surface area contributed by atoms with Gasteiger partial charge in [0.25, 0.3) is 0 Å². The molecule has 4 rings (SSSR count). The number of benzene rings is 2. The zero-order chi connectivity index (χ0) is 16.8. The summed E-state index contributed by atoms with van der Waals surface area (Å²) in [6.07, 6.45) is 2.27. The highest BCUT2D eigenvalue weighted by molar-refractivity contribution is 6.03. The Kier molecular flexibility index (Phi) is 3.21. The molecule has 0 unspecified atom stereocenters. The van der Waals surface area contributed by atoms with E-state index in [1.54, 1.807) is 0 Å². The summed E-state index contributed by atoms with van der Waals surface area (Å²) in [5.41, 5.74) is 8.08. The van der Waals surface area contributed by atoms with Gasteiger partial charge in [-0.15, -0.1) is 0 Å². The van der Waals surface area contributed by atoms with Gasteiger partial charge in [0.1, 0.15) is 5.82 Å². The summed E-state index contributed by atoms with van der Waals surface area (Å²) in [5.74, 6) is 1.12. The number of aromatic amines is 1. The summed E-state index contributed by atoms with van der Waals surface area (Å²) >= 11 is 0. The monoisotopic (exact) mass is 313 g/mol. The van der Waals surface area contributed by atoms with Crippen molar-refractivity contribution in [3.63, 3.8) is 0 Å². The average Bonchev–Trinajstić information content (AvgIpc) is 2.92. The van der Waals surface area contributed by atoms with E-state index in [4.69, 9.17) is 0 Å². The lowest BCUT2D eigenvalue weighted by molar-refractivity contribution is 1.01. The highest BCUT2D eigenvalue weighted by Crippen LogP contribution is 2.37. The first-order valence-electron chi connectivity index (χ1n) is 8.11. The lowest BCUT2D eigenvalue weighted by Crippen LogP contribution is -2.23. The Bertz CT molecular complexity index is 1010. The lowest BCUT2D eigenvalue weighted by Gasteiger charge is -2.25. The van der Waals surface area contributed by atoms with E-state index in [-0.39, 0.29) is 0 Å². The molecule has 1 aliphatic heterocycles. The van der Waals surface area contributed by atoms with Crippen LogP contribution >= 0.6 is 0 Å². The Morgan fingerprint density at radius 1 is 1.08 bits per heavy atom. The molecule has 3 heteroatoms. The maximum atomic E-state index is 9.20. The fourth-order valence-electron chi connectivity index (χ4n) is 3.60. The number of likely N-dealkylation sites (N-methyl/N-ethyl adjacent to an activating group) is 1. The third kappa shape index (κ3) is 2.28. The Labute approximate surface area is 141 Å². The van der Waals surface area contributed by atoms with Gasteiger partial charge in [-0.05, 0) is 49.3 Å². The number of aryl methyl sites for hydroxylation is 2. The maximum Gasteiger partial charge on any atom is 0.114 e. The van der Waals surface area contributed by atoms with Crippen molar-refractivity contribution < 1.29 is 0 Å². The molecule has 0 fully saturated rings. The molecule has 1 aromatic heterocycles. The zero-order valence-corrected chi connectivity index (χ0v) is 14.1. The van der Waals surface area contributed by atoms with Crippen molar-refractivity contribution in [1.82, 2.24) is 4.98 Å². The maximum absolute atomic E-state index is 9.20. The minimum absolute atomic E-state index is 0.693. The van der Waals surface area contributed by atoms with Gasteiger partial charge in [-0.3, -0.25) is 0 Å². The lowest BCUT2D eigenvalue weighted by atomic mass is 9.95. The Morgan fingerprint density at radius 2 is 1.83 bits per heavy atom. The van der Waals surface area contributed by atoms with Crippen LogP contribution in [-0.2, 0) is 0 Å². The molecular weight excluding hydrogens is 294 g/mol. The summed E-state index contributed by atoms with van der Waals surface area (Å²) in [6.45, 7) is 5.15. The summed E-state index contributed by atoms with van der Waals surface area (Å²) in [5, 5.41) is 10.3. The summed E-state index contributed by atoms with van der Waals surface area (Å²) in [6, 6.07) is 14.7. The Morgan fingerprint density at radius 3 is 2.54 bits per heavy atom. The molecule has 3 aromatic rings. The topological polar surface area (TPSA) is 42.8 Å². The molecule has 24 heavy (non-hydrogen) atoms. The molecule has 0 saturated carbocycles. The van der Waals surface area contributed by atoms with Gasteiger partial charge in [-0.25, -0.2) is 0 Å². The minimum atomic E-state index is 0.693. The van der Waals surface area contributed by atoms with E-state index in [2.05, 4.69) is 61.1 Å². The molecule has 2 aromatic carbocycles. The number of nitrogens with one attached hydrogen (secondary N) is 1. The van der Waals surface area contributed by atoms with Crippen LogP contribution in [0.4, 0.5) is 5.82 Å². The number of anilines is 1. The molecule has 0 saturated heterocycles. The number of nitriles is 1. The first kappa shape index (κ1) is 14.6. The highest BCUT2D eigenvalue weighted by Gasteiger charge is 2.21. The first-order chi connectivity index (χ1) is 11.5. The zero-order valence-electron chi connectivity index (χ0n) is 14.1. The molecular formula is C21H19N3. The van der Waals surface area contributed by atoms with Gasteiger partial charge in [-0.2, -0.15) is 5.26 Å². The van der Waals surface area contributed by atoms with Crippen molar-refractivity contribution >= 4 is 28.4 Å². The van der Waals surface area contributed by atoms with E-state index in [1.807, 2.05) is 18.2 Å². The van der Waals surface area contributed by atoms with Crippen molar-refractivity contribution in [2.24, 2.45) is 0 Å². The van der Waals surface area contributed by atoms with E-state index >= 15 is 0 Å². The van der Waals surface area contributed by atoms with Gasteiger partial charge in [-0.1, -0.05) is 29.3 Å². The molecule has 0 aliphatic carbocycles. The smallest absolute Gasteiger partial charge is 0.114 e. The molecule has 0 atom stereocenters. The molecule has 0 spiro atoms. The molecule has 1 aliphatic rings. The first-order valence-corrected chi connectivity index (χ1v) is 8.11. The van der Waals surface area contributed by atoms with Crippen LogP contribution in [0.15, 0.2) is 36.4 Å². The fourth-order valence-corrected chi connectivity index (χ4v) is 3.60. The van der Waals surface area contributed by atoms with Crippen molar-refractivity contribution in [3.05, 3.63) is 64.2 Å². The van der Waals surface area contributed by atoms with E-state index in [0.717, 1.165) is 23.3 Å². The Balaban J connectivity index is 1.93. The highest BCUT2D eigenvalue weighted by atomic mass is 15.2. The van der Waals surface area contributed by atoms with Crippen LogP contribution in [0.5, 0.6) is 0 Å². The Hall–Kier alpha value is -2.99. The average molecular weight is 313 g/mol. The van der Waals surface area contributed by atoms with Gasteiger partial charge in [0.2, 0.25) is 0 Å². The van der Waals surface area contributed by atoms with E-state index in [9.17, 15) is 5.26 Å². The quantitative estimate of drug-likeness (QED) is 0.711. The molecule has 118 valence electrons. The molecule has 0 amide bonds. The predicted molar refractivity (Wildman–Crippen MR) is 100 cm³/mol. The number of nitrogens with zero attached hydrogens (tertiary/aromatic N) is 2. The summed E-state index contributed by atoms with van der Waals surface area (Å²) in [7, 11) is 2.11. The fraction of sp³-hybridized carbons (Fsp3) is 0.190. The van der Waals surface area contributed by atoms with E-state index < -0.39 is 0 Å². The minimum Gasteiger partial charge on any atom is -0.356 e. The van der Waals surface area contributed by atoms with Gasteiger partial charge in [0, 0.05) is 30.1 Å². The number of fused-ring (bicyclic) bond motifs is 3. The second-order valence-corrected chi connectivity index (χ2v) is 6.66. The van der Waals surface area contributed by atoms with Crippen LogP contribution in [0.3, 0.4) is 0 Å². The largest absolute Gasteiger partial charge is 0.356 e. The van der Waals surface area contributed by atoms with Gasteiger partial charge in [0.15, 0.2) is 0 Å². The molecule has 0 bridgehead atoms. The van der Waals surface area contributed by atoms with Crippen LogP contribution in [0.25, 0.3) is 22.6 Å². The number of hydrogen-bond acceptors (Lipinski definition) is 2. The summed E-state index contributed by atoms with van der Waals surface area (Å²) < 4.78 is 0. The molecule has 2 heterocycles. The third-order valence-corrected chi connectivity index (χ3v) is 4.65. The third-order valence-electron chi connectivity index (χ3n) is 4.65. The molecule has 0 radical (unpaired) electrons. The van der Waals surface area contributed by atoms with E-state index in [0.29, 0.717) is 5.56 Å².